The normalized spacial score (nSPS) is 23.1. The van der Waals surface area contributed by atoms with Gasteiger partial charge in [-0.3, -0.25) is 4.79 Å². The minimum absolute atomic E-state index is 0.0643. The van der Waals surface area contributed by atoms with Gasteiger partial charge in [0.05, 0.1) is 12.7 Å². The Morgan fingerprint density at radius 1 is 1.37 bits per heavy atom. The van der Waals surface area contributed by atoms with Gasteiger partial charge in [-0.25, -0.2) is 0 Å². The molecule has 0 radical (unpaired) electrons. The predicted octanol–water partition coefficient (Wildman–Crippen LogP) is 2.95. The molecule has 2 unspecified atom stereocenters. The smallest absolute Gasteiger partial charge is 0.169 e. The number of aryl methyl sites for hydroxylation is 1. The highest BCUT2D eigenvalue weighted by Gasteiger charge is 2.31. The largest absolute Gasteiger partial charge is 0.496 e. The number of rotatable bonds is 4. The van der Waals surface area contributed by atoms with Crippen molar-refractivity contribution in [1.29, 1.82) is 0 Å². The Morgan fingerprint density at radius 2 is 2.11 bits per heavy atom. The molecule has 2 N–H and O–H groups in total. The lowest BCUT2D eigenvalue weighted by Crippen LogP contribution is -2.32. The summed E-state index contributed by atoms with van der Waals surface area (Å²) in [6.45, 7) is 2.60. The fourth-order valence-corrected chi connectivity index (χ4v) is 3.05. The second kappa shape index (κ2) is 6.20. The van der Waals surface area contributed by atoms with Crippen LogP contribution in [0.25, 0.3) is 0 Å². The number of Topliss-reactive ketones (excluding diaryl/α,β-unsaturated/α-hetero) is 1. The first-order chi connectivity index (χ1) is 9.17. The van der Waals surface area contributed by atoms with Crippen LogP contribution in [0.1, 0.15) is 41.6 Å². The molecule has 0 spiro atoms. The van der Waals surface area contributed by atoms with E-state index in [1.807, 2.05) is 25.1 Å². The van der Waals surface area contributed by atoms with E-state index in [-0.39, 0.29) is 11.7 Å². The lowest BCUT2D eigenvalue weighted by Gasteiger charge is -2.29. The van der Waals surface area contributed by atoms with E-state index in [1.54, 1.807) is 7.11 Å². The highest BCUT2D eigenvalue weighted by Crippen LogP contribution is 2.34. The molecule has 1 aliphatic carbocycles. The minimum Gasteiger partial charge on any atom is -0.496 e. The van der Waals surface area contributed by atoms with Crippen molar-refractivity contribution in [3.8, 4) is 5.75 Å². The van der Waals surface area contributed by atoms with Gasteiger partial charge < -0.3 is 10.5 Å². The van der Waals surface area contributed by atoms with Crippen LogP contribution < -0.4 is 10.5 Å². The summed E-state index contributed by atoms with van der Waals surface area (Å²) < 4.78 is 5.33. The second-order valence-electron chi connectivity index (χ2n) is 5.45. The van der Waals surface area contributed by atoms with Crippen molar-refractivity contribution in [2.24, 2.45) is 17.6 Å². The van der Waals surface area contributed by atoms with E-state index in [9.17, 15) is 4.79 Å². The van der Waals surface area contributed by atoms with Crippen molar-refractivity contribution < 1.29 is 9.53 Å². The monoisotopic (exact) mass is 261 g/mol. The highest BCUT2D eigenvalue weighted by molar-refractivity contribution is 6.00. The topological polar surface area (TPSA) is 52.3 Å². The standard InChI is InChI=1S/C16H23NO2/c1-11-7-8-15(19-2)14(9-11)16(18)13-6-4-3-5-12(13)10-17/h7-9,12-13H,3-6,10,17H2,1-2H3. The number of hydrogen-bond acceptors (Lipinski definition) is 3. The Labute approximate surface area is 115 Å². The number of methoxy groups -OCH3 is 1. The zero-order chi connectivity index (χ0) is 13.8. The Kier molecular flexibility index (Phi) is 4.59. The Morgan fingerprint density at radius 3 is 2.79 bits per heavy atom. The van der Waals surface area contributed by atoms with Crippen LogP contribution in [0.5, 0.6) is 5.75 Å². The van der Waals surface area contributed by atoms with E-state index in [2.05, 4.69) is 0 Å². The molecule has 0 aromatic heterocycles. The van der Waals surface area contributed by atoms with Crippen LogP contribution in [0.2, 0.25) is 0 Å². The molecular weight excluding hydrogens is 238 g/mol. The molecule has 0 aliphatic heterocycles. The van der Waals surface area contributed by atoms with Gasteiger partial charge in [-0.1, -0.05) is 24.5 Å². The van der Waals surface area contributed by atoms with Gasteiger partial charge >= 0.3 is 0 Å². The molecule has 0 saturated heterocycles. The molecule has 0 heterocycles. The van der Waals surface area contributed by atoms with Gasteiger partial charge in [0.2, 0.25) is 0 Å². The van der Waals surface area contributed by atoms with Gasteiger partial charge in [-0.15, -0.1) is 0 Å². The third-order valence-corrected chi connectivity index (χ3v) is 4.17. The first kappa shape index (κ1) is 14.1. The Balaban J connectivity index is 2.29. The van der Waals surface area contributed by atoms with E-state index < -0.39 is 0 Å². The van der Waals surface area contributed by atoms with Crippen molar-refractivity contribution in [2.75, 3.05) is 13.7 Å². The molecular formula is C16H23NO2. The zero-order valence-electron chi connectivity index (χ0n) is 11.8. The summed E-state index contributed by atoms with van der Waals surface area (Å²) >= 11 is 0. The number of hydrogen-bond donors (Lipinski definition) is 1. The van der Waals surface area contributed by atoms with Crippen LogP contribution in [0.4, 0.5) is 0 Å². The van der Waals surface area contributed by atoms with Crippen LogP contribution in [0.15, 0.2) is 18.2 Å². The maximum absolute atomic E-state index is 12.8. The molecule has 1 aliphatic rings. The summed E-state index contributed by atoms with van der Waals surface area (Å²) in [6, 6.07) is 5.78. The van der Waals surface area contributed by atoms with Crippen LogP contribution in [0.3, 0.4) is 0 Å². The van der Waals surface area contributed by atoms with E-state index in [1.165, 1.54) is 6.42 Å². The van der Waals surface area contributed by atoms with E-state index in [0.717, 1.165) is 24.8 Å². The van der Waals surface area contributed by atoms with Crippen molar-refractivity contribution in [3.05, 3.63) is 29.3 Å². The molecule has 2 atom stereocenters. The first-order valence-corrected chi connectivity index (χ1v) is 7.06. The Hall–Kier alpha value is -1.35. The van der Waals surface area contributed by atoms with Crippen molar-refractivity contribution in [3.63, 3.8) is 0 Å². The summed E-state index contributed by atoms with van der Waals surface area (Å²) in [4.78, 5) is 12.8. The molecule has 1 aromatic carbocycles. The lowest BCUT2D eigenvalue weighted by atomic mass is 9.75. The molecule has 3 nitrogen and oxygen atoms in total. The van der Waals surface area contributed by atoms with Crippen molar-refractivity contribution >= 4 is 5.78 Å². The van der Waals surface area contributed by atoms with Gasteiger partial charge in [0.15, 0.2) is 5.78 Å². The quantitative estimate of drug-likeness (QED) is 0.848. The molecule has 2 rings (SSSR count). The van der Waals surface area contributed by atoms with Crippen LogP contribution in [0, 0.1) is 18.8 Å². The molecule has 3 heteroatoms. The van der Waals surface area contributed by atoms with E-state index in [4.69, 9.17) is 10.5 Å². The first-order valence-electron chi connectivity index (χ1n) is 7.06. The third kappa shape index (κ3) is 2.98. The fraction of sp³-hybridized carbons (Fsp3) is 0.562. The SMILES string of the molecule is COc1ccc(C)cc1C(=O)C1CCCCC1CN. The van der Waals surface area contributed by atoms with E-state index >= 15 is 0 Å². The van der Waals surface area contributed by atoms with Crippen molar-refractivity contribution in [2.45, 2.75) is 32.6 Å². The van der Waals surface area contributed by atoms with Crippen LogP contribution >= 0.6 is 0 Å². The number of carbonyl (C=O) groups excluding carboxylic acids is 1. The molecule has 0 amide bonds. The summed E-state index contributed by atoms with van der Waals surface area (Å²) in [5.41, 5.74) is 7.63. The predicted molar refractivity (Wildman–Crippen MR) is 76.6 cm³/mol. The molecule has 19 heavy (non-hydrogen) atoms. The number of ketones is 1. The van der Waals surface area contributed by atoms with Gasteiger partial charge in [0.1, 0.15) is 5.75 Å². The zero-order valence-corrected chi connectivity index (χ0v) is 11.8. The Bertz CT molecular complexity index is 456. The maximum atomic E-state index is 12.8. The number of ether oxygens (including phenoxy) is 1. The highest BCUT2D eigenvalue weighted by atomic mass is 16.5. The van der Waals surface area contributed by atoms with Crippen LogP contribution in [-0.2, 0) is 0 Å². The molecule has 104 valence electrons. The molecule has 1 fully saturated rings. The fourth-order valence-electron chi connectivity index (χ4n) is 3.05. The average molecular weight is 261 g/mol. The molecule has 1 aromatic rings. The second-order valence-corrected chi connectivity index (χ2v) is 5.45. The summed E-state index contributed by atoms with van der Waals surface area (Å²) in [5, 5.41) is 0. The van der Waals surface area contributed by atoms with Crippen molar-refractivity contribution in [1.82, 2.24) is 0 Å². The maximum Gasteiger partial charge on any atom is 0.169 e. The third-order valence-electron chi connectivity index (χ3n) is 4.17. The summed E-state index contributed by atoms with van der Waals surface area (Å²) in [7, 11) is 1.61. The van der Waals surface area contributed by atoms with Crippen LogP contribution in [-0.4, -0.2) is 19.4 Å². The lowest BCUT2D eigenvalue weighted by molar-refractivity contribution is 0.0826. The van der Waals surface area contributed by atoms with Gasteiger partial charge in [-0.05, 0) is 44.4 Å². The van der Waals surface area contributed by atoms with Gasteiger partial charge in [-0.2, -0.15) is 0 Å². The summed E-state index contributed by atoms with van der Waals surface area (Å²) in [6.07, 6.45) is 4.34. The summed E-state index contributed by atoms with van der Waals surface area (Å²) in [5.74, 6) is 1.27. The molecule has 1 saturated carbocycles. The number of carbonyl (C=O) groups is 1. The number of nitrogens with two attached hydrogens (primary N) is 1. The molecule has 0 bridgehead atoms. The van der Waals surface area contributed by atoms with Gasteiger partial charge in [0, 0.05) is 5.92 Å². The number of benzene rings is 1. The average Bonchev–Trinajstić information content (AvgIpc) is 2.46. The van der Waals surface area contributed by atoms with Gasteiger partial charge in [0.25, 0.3) is 0 Å². The minimum atomic E-state index is 0.0643. The van der Waals surface area contributed by atoms with E-state index in [0.29, 0.717) is 23.8 Å².